The summed E-state index contributed by atoms with van der Waals surface area (Å²) >= 11 is 13.0. The van der Waals surface area contributed by atoms with Gasteiger partial charge in [-0.3, -0.25) is 9.88 Å². The first kappa shape index (κ1) is 31.7. The van der Waals surface area contributed by atoms with Crippen molar-refractivity contribution in [1.29, 1.82) is 5.26 Å². The van der Waals surface area contributed by atoms with Crippen LogP contribution in [0.4, 0.5) is 25.8 Å². The van der Waals surface area contributed by atoms with Gasteiger partial charge in [-0.2, -0.15) is 5.26 Å². The zero-order valence-electron chi connectivity index (χ0n) is 25.5. The Labute approximate surface area is 275 Å². The fraction of sp³-hybridized carbons (Fsp3) is 0.294. The molecule has 2 aromatic heterocycles. The van der Waals surface area contributed by atoms with Crippen LogP contribution in [0.1, 0.15) is 62.5 Å². The van der Waals surface area contributed by atoms with Crippen molar-refractivity contribution in [3.8, 4) is 6.07 Å². The van der Waals surface area contributed by atoms with Crippen LogP contribution >= 0.6 is 23.2 Å². The first-order valence-electron chi connectivity index (χ1n) is 14.9. The number of rotatable bonds is 7. The molecule has 8 nitrogen and oxygen atoms in total. The van der Waals surface area contributed by atoms with Crippen LogP contribution < -0.4 is 10.6 Å². The molecule has 5 aromatic rings. The number of nitrogens with zero attached hydrogens (tertiary/aromatic N) is 6. The van der Waals surface area contributed by atoms with E-state index in [-0.39, 0.29) is 22.8 Å². The monoisotopic (exact) mass is 660 g/mol. The molecule has 0 bridgehead atoms. The normalized spacial score (nSPS) is 15.1. The third-order valence-corrected chi connectivity index (χ3v) is 8.90. The Morgan fingerprint density at radius 3 is 2.39 bits per heavy atom. The van der Waals surface area contributed by atoms with Crippen LogP contribution in [0.25, 0.3) is 10.9 Å². The second-order valence-corrected chi connectivity index (χ2v) is 13.3. The van der Waals surface area contributed by atoms with Crippen LogP contribution in [0.3, 0.4) is 0 Å². The summed E-state index contributed by atoms with van der Waals surface area (Å²) in [6, 6.07) is 16.4. The van der Waals surface area contributed by atoms with Crippen molar-refractivity contribution in [1.82, 2.24) is 24.9 Å². The molecule has 1 aliphatic heterocycles. The van der Waals surface area contributed by atoms with Gasteiger partial charge in [0.2, 0.25) is 0 Å². The molecule has 0 amide bonds. The summed E-state index contributed by atoms with van der Waals surface area (Å²) in [7, 11) is 0. The van der Waals surface area contributed by atoms with Crippen molar-refractivity contribution in [2.24, 2.45) is 0 Å². The summed E-state index contributed by atoms with van der Waals surface area (Å²) in [5, 5.41) is 27.1. The van der Waals surface area contributed by atoms with Crippen LogP contribution in [0, 0.1) is 23.0 Å². The molecule has 1 aliphatic rings. The molecule has 0 saturated carbocycles. The molecule has 3 heterocycles. The van der Waals surface area contributed by atoms with Gasteiger partial charge in [0.25, 0.3) is 0 Å². The van der Waals surface area contributed by atoms with E-state index >= 15 is 0 Å². The highest BCUT2D eigenvalue weighted by Crippen LogP contribution is 2.37. The van der Waals surface area contributed by atoms with Crippen LogP contribution in [0.15, 0.2) is 67.0 Å². The highest BCUT2D eigenvalue weighted by Gasteiger charge is 2.29. The number of nitrogens with one attached hydrogen (secondary N) is 2. The van der Waals surface area contributed by atoms with E-state index in [1.54, 1.807) is 6.07 Å². The highest BCUT2D eigenvalue weighted by atomic mass is 35.5. The van der Waals surface area contributed by atoms with E-state index in [1.807, 2.05) is 41.2 Å². The predicted octanol–water partition coefficient (Wildman–Crippen LogP) is 8.66. The lowest BCUT2D eigenvalue weighted by molar-refractivity contribution is 0.0866. The van der Waals surface area contributed by atoms with Gasteiger partial charge in [-0.1, -0.05) is 40.5 Å². The molecule has 0 spiro atoms. The summed E-state index contributed by atoms with van der Waals surface area (Å²) in [5.74, 6) is -1.98. The molecular weight excluding hydrogens is 629 g/mol. The molecule has 2 N–H and O–H groups in total. The molecule has 1 fully saturated rings. The quantitative estimate of drug-likeness (QED) is 0.180. The third-order valence-electron chi connectivity index (χ3n) is 8.36. The molecule has 46 heavy (non-hydrogen) atoms. The zero-order chi connectivity index (χ0) is 32.6. The second-order valence-electron chi connectivity index (χ2n) is 12.4. The van der Waals surface area contributed by atoms with Gasteiger partial charge in [0.1, 0.15) is 11.8 Å². The average Bonchev–Trinajstić information content (AvgIpc) is 3.52. The van der Waals surface area contributed by atoms with Gasteiger partial charge in [-0.15, -0.1) is 5.10 Å². The molecule has 0 radical (unpaired) electrons. The van der Waals surface area contributed by atoms with Crippen molar-refractivity contribution < 1.29 is 8.78 Å². The van der Waals surface area contributed by atoms with Crippen molar-refractivity contribution in [2.45, 2.75) is 51.2 Å². The lowest BCUT2D eigenvalue weighted by Crippen LogP contribution is -2.46. The van der Waals surface area contributed by atoms with E-state index < -0.39 is 17.7 Å². The summed E-state index contributed by atoms with van der Waals surface area (Å²) in [6.45, 7) is 8.68. The third kappa shape index (κ3) is 6.63. The fourth-order valence-electron chi connectivity index (χ4n) is 5.83. The molecule has 1 saturated heterocycles. The van der Waals surface area contributed by atoms with Crippen LogP contribution in [0.5, 0.6) is 0 Å². The smallest absolute Gasteiger partial charge is 0.160 e. The Kier molecular flexibility index (Phi) is 8.84. The number of benzene rings is 3. The number of likely N-dealkylation sites (tertiary alicyclic amines) is 1. The first-order valence-corrected chi connectivity index (χ1v) is 15.7. The van der Waals surface area contributed by atoms with Gasteiger partial charge >= 0.3 is 0 Å². The maximum absolute atomic E-state index is 14.0. The van der Waals surface area contributed by atoms with Crippen LogP contribution in [-0.4, -0.2) is 43.5 Å². The number of aromatic nitrogens is 4. The number of hydrogen-bond donors (Lipinski definition) is 2. The molecule has 0 aliphatic carbocycles. The highest BCUT2D eigenvalue weighted by molar-refractivity contribution is 6.36. The van der Waals surface area contributed by atoms with Crippen molar-refractivity contribution in [3.05, 3.63) is 105 Å². The van der Waals surface area contributed by atoms with Gasteiger partial charge < -0.3 is 10.6 Å². The average molecular weight is 662 g/mol. The van der Waals surface area contributed by atoms with Crippen LogP contribution in [0.2, 0.25) is 10.0 Å². The van der Waals surface area contributed by atoms with E-state index in [0.717, 1.165) is 43.6 Å². The maximum atomic E-state index is 14.0. The minimum atomic E-state index is -1.01. The summed E-state index contributed by atoms with van der Waals surface area (Å²) < 4.78 is 29.6. The van der Waals surface area contributed by atoms with E-state index in [4.69, 9.17) is 23.2 Å². The van der Waals surface area contributed by atoms with Crippen molar-refractivity contribution in [2.75, 3.05) is 23.7 Å². The maximum Gasteiger partial charge on any atom is 0.160 e. The minimum absolute atomic E-state index is 0.122. The number of anilines is 3. The predicted molar refractivity (Wildman–Crippen MR) is 178 cm³/mol. The molecule has 1 atom stereocenters. The standard InChI is InChI=1S/C34H32Cl2F2N8/c1-34(2,3)45-12-10-25(11-13-45)46-19-30(43-44-46)32(20-4-6-22(35)7-5-20)42-24-14-26-31(41-23-8-9-28(37)29(38)16-23)21(17-39)18-40-33(26)27(36)15-24/h4-9,14-16,18-19,25,32,42H,10-13H2,1-3H3,(H,40,41)/t32-/m0/s1. The fourth-order valence-corrected chi connectivity index (χ4v) is 6.23. The molecule has 3 aromatic carbocycles. The SMILES string of the molecule is CC(C)(C)N1CCC(n2cc([C@@H](Nc3cc(Cl)c4ncc(C#N)c(Nc5ccc(F)c(F)c5)c4c3)c3ccc(Cl)cc3)nn2)CC1. The number of pyridine rings is 1. The Morgan fingerprint density at radius 1 is 0.978 bits per heavy atom. The number of hydrogen-bond acceptors (Lipinski definition) is 7. The Bertz CT molecular complexity index is 1920. The molecule has 12 heteroatoms. The zero-order valence-corrected chi connectivity index (χ0v) is 27.0. The van der Waals surface area contributed by atoms with Crippen LogP contribution in [-0.2, 0) is 0 Å². The van der Waals surface area contributed by atoms with Gasteiger partial charge in [0, 0.05) is 52.7 Å². The van der Waals surface area contributed by atoms with Crippen molar-refractivity contribution >= 4 is 51.2 Å². The lowest BCUT2D eigenvalue weighted by atomic mass is 9.98. The Morgan fingerprint density at radius 2 is 1.72 bits per heavy atom. The molecule has 6 rings (SSSR count). The number of halogens is 4. The van der Waals surface area contributed by atoms with E-state index in [2.05, 4.69) is 57.7 Å². The second kappa shape index (κ2) is 12.8. The minimum Gasteiger partial charge on any atom is -0.373 e. The first-order chi connectivity index (χ1) is 22.0. The van der Waals surface area contributed by atoms with E-state index in [0.29, 0.717) is 38.0 Å². The Hall–Kier alpha value is -4.30. The van der Waals surface area contributed by atoms with E-state index in [1.165, 1.54) is 12.3 Å². The number of piperidine rings is 1. The van der Waals surface area contributed by atoms with Gasteiger partial charge in [0.15, 0.2) is 11.6 Å². The Balaban J connectivity index is 1.36. The summed E-state index contributed by atoms with van der Waals surface area (Å²) in [4.78, 5) is 6.90. The topological polar surface area (TPSA) is 94.7 Å². The number of nitriles is 1. The molecule has 236 valence electrons. The van der Waals surface area contributed by atoms with E-state index in [9.17, 15) is 14.0 Å². The lowest BCUT2D eigenvalue weighted by Gasteiger charge is -2.40. The van der Waals surface area contributed by atoms with Gasteiger partial charge in [0.05, 0.1) is 40.1 Å². The van der Waals surface area contributed by atoms with Crippen molar-refractivity contribution in [3.63, 3.8) is 0 Å². The van der Waals surface area contributed by atoms with Gasteiger partial charge in [-0.25, -0.2) is 13.5 Å². The molecular formula is C34H32Cl2F2N8. The molecule has 0 unspecified atom stereocenters. The van der Waals surface area contributed by atoms with Gasteiger partial charge in [-0.05, 0) is 75.6 Å². The summed E-state index contributed by atoms with van der Waals surface area (Å²) in [5.41, 5.74) is 3.63. The summed E-state index contributed by atoms with van der Waals surface area (Å²) in [6.07, 6.45) is 5.32. The largest absolute Gasteiger partial charge is 0.373 e. The number of fused-ring (bicyclic) bond motifs is 1.